The number of rotatable bonds is 0. The minimum Gasteiger partial charge on any atom is -0.507 e. The first kappa shape index (κ1) is 10.9. The summed E-state index contributed by atoms with van der Waals surface area (Å²) in [4.78, 5) is 40.9. The molecule has 0 radical (unpaired) electrons. The van der Waals surface area contributed by atoms with Crippen LogP contribution in [0.25, 0.3) is 0 Å². The molecular formula is C12H10N2O4. The maximum absolute atomic E-state index is 12.3. The molecule has 1 atom stereocenters. The Bertz CT molecular complexity index is 571. The molecule has 6 heteroatoms. The molecule has 92 valence electrons. The van der Waals surface area contributed by atoms with Crippen molar-refractivity contribution in [1.29, 1.82) is 0 Å². The number of carbonyl (C=O) groups excluding carboxylic acids is 3. The molecule has 0 aromatic rings. The van der Waals surface area contributed by atoms with E-state index in [9.17, 15) is 19.5 Å². The highest BCUT2D eigenvalue weighted by molar-refractivity contribution is 6.57. The van der Waals surface area contributed by atoms with Gasteiger partial charge in [0.1, 0.15) is 23.1 Å². The molecule has 0 bridgehead atoms. The maximum Gasteiger partial charge on any atom is 0.269 e. The Labute approximate surface area is 102 Å². The first-order valence-corrected chi connectivity index (χ1v) is 5.69. The minimum absolute atomic E-state index is 0.153. The van der Waals surface area contributed by atoms with E-state index in [0.29, 0.717) is 13.0 Å². The number of amides is 2. The van der Waals surface area contributed by atoms with Crippen LogP contribution in [0.5, 0.6) is 0 Å². The molecule has 2 aliphatic heterocycles. The van der Waals surface area contributed by atoms with Gasteiger partial charge in [0, 0.05) is 6.54 Å². The lowest BCUT2D eigenvalue weighted by Gasteiger charge is -2.21. The fraction of sp³-hybridized carbons (Fsp3) is 0.333. The zero-order valence-corrected chi connectivity index (χ0v) is 9.42. The van der Waals surface area contributed by atoms with Crippen molar-refractivity contribution < 1.29 is 19.5 Å². The number of hydrogen-bond donors (Lipinski definition) is 1. The van der Waals surface area contributed by atoms with Crippen LogP contribution in [0.15, 0.2) is 28.5 Å². The smallest absolute Gasteiger partial charge is 0.269 e. The summed E-state index contributed by atoms with van der Waals surface area (Å²) in [5.74, 6) is -1.80. The van der Waals surface area contributed by atoms with Crippen LogP contribution in [0.3, 0.4) is 0 Å². The lowest BCUT2D eigenvalue weighted by Crippen LogP contribution is -2.40. The fourth-order valence-electron chi connectivity index (χ4n) is 2.48. The van der Waals surface area contributed by atoms with Crippen molar-refractivity contribution >= 4 is 23.3 Å². The number of aliphatic imine (C=N–C) groups is 1. The lowest BCUT2D eigenvalue weighted by molar-refractivity contribution is -0.133. The number of fused-ring (bicyclic) bond motifs is 2. The number of aliphatic hydroxyl groups excluding tert-OH is 1. The number of allylic oxidation sites excluding steroid dienone is 2. The molecule has 0 unspecified atom stereocenters. The maximum atomic E-state index is 12.3. The fourth-order valence-corrected chi connectivity index (χ4v) is 2.48. The molecule has 0 spiro atoms. The van der Waals surface area contributed by atoms with Gasteiger partial charge in [-0.3, -0.25) is 14.4 Å². The molecule has 1 fully saturated rings. The molecule has 0 aromatic carbocycles. The highest BCUT2D eigenvalue weighted by atomic mass is 16.3. The van der Waals surface area contributed by atoms with E-state index in [0.717, 1.165) is 18.6 Å². The molecule has 6 nitrogen and oxygen atoms in total. The zero-order chi connectivity index (χ0) is 12.9. The molecule has 1 N–H and O–H groups in total. The van der Waals surface area contributed by atoms with Crippen molar-refractivity contribution in [3.63, 3.8) is 0 Å². The quantitative estimate of drug-likeness (QED) is 0.605. The molecule has 3 aliphatic rings. The zero-order valence-electron chi connectivity index (χ0n) is 9.42. The third-order valence-electron chi connectivity index (χ3n) is 3.35. The van der Waals surface area contributed by atoms with Crippen molar-refractivity contribution in [3.8, 4) is 0 Å². The van der Waals surface area contributed by atoms with E-state index in [2.05, 4.69) is 4.99 Å². The number of nitrogens with zero attached hydrogens (tertiary/aromatic N) is 2. The van der Waals surface area contributed by atoms with Gasteiger partial charge < -0.3 is 10.0 Å². The molecule has 0 saturated carbocycles. The summed E-state index contributed by atoms with van der Waals surface area (Å²) >= 11 is 0. The third kappa shape index (κ3) is 1.35. The Kier molecular flexibility index (Phi) is 2.19. The Balaban J connectivity index is 2.20. The monoisotopic (exact) mass is 246 g/mol. The summed E-state index contributed by atoms with van der Waals surface area (Å²) in [6.45, 7) is 0.451. The minimum atomic E-state index is -0.594. The Hall–Kier alpha value is -2.24. The predicted octanol–water partition coefficient (Wildman–Crippen LogP) is -0.0904. The van der Waals surface area contributed by atoms with Gasteiger partial charge in [-0.05, 0) is 25.0 Å². The number of ketones is 1. The second kappa shape index (κ2) is 3.63. The van der Waals surface area contributed by atoms with Crippen LogP contribution in [0.1, 0.15) is 12.8 Å². The molecule has 3 rings (SSSR count). The second-order valence-electron chi connectivity index (χ2n) is 4.41. The average Bonchev–Trinajstić information content (AvgIpc) is 2.79. The normalized spacial score (nSPS) is 27.1. The Morgan fingerprint density at radius 2 is 2.06 bits per heavy atom. The van der Waals surface area contributed by atoms with Gasteiger partial charge in [-0.15, -0.1) is 0 Å². The van der Waals surface area contributed by atoms with Gasteiger partial charge in [-0.2, -0.15) is 0 Å². The molecule has 1 aliphatic carbocycles. The standard InChI is InChI=1S/C12H10N2O4/c15-7-3-4-8(16)10-9(7)12(18)14-5-1-2-6(14)11(17)13-10/h3-4,6,15H,1-2,5H2/t6-/m0/s1. The van der Waals surface area contributed by atoms with Crippen LogP contribution in [-0.2, 0) is 14.4 Å². The van der Waals surface area contributed by atoms with Crippen molar-refractivity contribution in [2.75, 3.05) is 6.54 Å². The molecule has 2 heterocycles. The van der Waals surface area contributed by atoms with E-state index in [-0.39, 0.29) is 17.0 Å². The summed E-state index contributed by atoms with van der Waals surface area (Å²) in [6.07, 6.45) is 3.55. The molecule has 0 aromatic heterocycles. The molecule has 18 heavy (non-hydrogen) atoms. The highest BCUT2D eigenvalue weighted by Gasteiger charge is 2.42. The topological polar surface area (TPSA) is 87.0 Å². The van der Waals surface area contributed by atoms with Gasteiger partial charge in [-0.1, -0.05) is 0 Å². The van der Waals surface area contributed by atoms with E-state index in [1.54, 1.807) is 0 Å². The van der Waals surface area contributed by atoms with E-state index >= 15 is 0 Å². The van der Waals surface area contributed by atoms with Crippen LogP contribution < -0.4 is 0 Å². The van der Waals surface area contributed by atoms with Crippen LogP contribution >= 0.6 is 0 Å². The van der Waals surface area contributed by atoms with Crippen LogP contribution in [0.2, 0.25) is 0 Å². The molecule has 1 saturated heterocycles. The summed E-state index contributed by atoms with van der Waals surface area (Å²) in [6, 6.07) is -0.594. The van der Waals surface area contributed by atoms with Gasteiger partial charge in [-0.25, -0.2) is 4.99 Å². The summed E-state index contributed by atoms with van der Waals surface area (Å²) in [5, 5.41) is 9.72. The molecular weight excluding hydrogens is 236 g/mol. The second-order valence-corrected chi connectivity index (χ2v) is 4.41. The van der Waals surface area contributed by atoms with Crippen molar-refractivity contribution in [1.82, 2.24) is 4.90 Å². The average molecular weight is 246 g/mol. The van der Waals surface area contributed by atoms with E-state index < -0.39 is 23.6 Å². The Morgan fingerprint density at radius 3 is 2.83 bits per heavy atom. The SMILES string of the molecule is O=C1C=CC(O)=C2C(=O)N3CCC[C@H]3C(=O)N=C12. The lowest BCUT2D eigenvalue weighted by atomic mass is 9.99. The first-order chi connectivity index (χ1) is 8.59. The van der Waals surface area contributed by atoms with Crippen molar-refractivity contribution in [2.24, 2.45) is 4.99 Å². The van der Waals surface area contributed by atoms with Gasteiger partial charge >= 0.3 is 0 Å². The summed E-state index contributed by atoms with van der Waals surface area (Å²) < 4.78 is 0. The number of carbonyl (C=O) groups is 3. The van der Waals surface area contributed by atoms with Gasteiger partial charge in [0.2, 0.25) is 5.78 Å². The van der Waals surface area contributed by atoms with Gasteiger partial charge in [0.15, 0.2) is 0 Å². The van der Waals surface area contributed by atoms with Gasteiger partial charge in [0.05, 0.1) is 0 Å². The van der Waals surface area contributed by atoms with Crippen LogP contribution in [0, 0.1) is 0 Å². The van der Waals surface area contributed by atoms with Gasteiger partial charge in [0.25, 0.3) is 11.8 Å². The van der Waals surface area contributed by atoms with E-state index in [1.165, 1.54) is 4.90 Å². The molecule has 2 amide bonds. The largest absolute Gasteiger partial charge is 0.507 e. The third-order valence-corrected chi connectivity index (χ3v) is 3.35. The van der Waals surface area contributed by atoms with Crippen LogP contribution in [0.4, 0.5) is 0 Å². The predicted molar refractivity (Wildman–Crippen MR) is 61.0 cm³/mol. The van der Waals surface area contributed by atoms with Crippen LogP contribution in [-0.4, -0.2) is 45.9 Å². The highest BCUT2D eigenvalue weighted by Crippen LogP contribution is 2.27. The Morgan fingerprint density at radius 1 is 1.28 bits per heavy atom. The summed E-state index contributed by atoms with van der Waals surface area (Å²) in [7, 11) is 0. The number of aliphatic hydroxyl groups is 1. The van der Waals surface area contributed by atoms with Crippen molar-refractivity contribution in [3.05, 3.63) is 23.5 Å². The number of hydrogen-bond acceptors (Lipinski definition) is 4. The first-order valence-electron chi connectivity index (χ1n) is 5.69. The summed E-state index contributed by atoms with van der Waals surface area (Å²) in [5.41, 5.74) is -0.389. The van der Waals surface area contributed by atoms with E-state index in [1.807, 2.05) is 0 Å². The van der Waals surface area contributed by atoms with Crippen molar-refractivity contribution in [2.45, 2.75) is 18.9 Å². The van der Waals surface area contributed by atoms with E-state index in [4.69, 9.17) is 0 Å².